The van der Waals surface area contributed by atoms with Gasteiger partial charge in [-0.15, -0.1) is 0 Å². The van der Waals surface area contributed by atoms with E-state index < -0.39 is 15.6 Å². The Morgan fingerprint density at radius 3 is 2.31 bits per heavy atom. The molecule has 26 heavy (non-hydrogen) atoms. The van der Waals surface area contributed by atoms with Crippen LogP contribution < -0.4 is 10.0 Å². The molecule has 0 amide bonds. The van der Waals surface area contributed by atoms with Gasteiger partial charge in [-0.3, -0.25) is 0 Å². The maximum Gasteiger partial charge on any atom is 0.215 e. The van der Waals surface area contributed by atoms with Crippen molar-refractivity contribution < 1.29 is 8.42 Å². The fourth-order valence-electron chi connectivity index (χ4n) is 2.65. The van der Waals surface area contributed by atoms with Crippen molar-refractivity contribution >= 4 is 33.2 Å². The van der Waals surface area contributed by atoms with Crippen molar-refractivity contribution in [2.75, 3.05) is 6.54 Å². The summed E-state index contributed by atoms with van der Waals surface area (Å²) in [5.74, 6) is -0.145. The summed E-state index contributed by atoms with van der Waals surface area (Å²) in [6, 6.07) is 15.0. The molecule has 1 unspecified atom stereocenters. The van der Waals surface area contributed by atoms with Crippen LogP contribution >= 0.6 is 23.2 Å². The fourth-order valence-corrected chi connectivity index (χ4v) is 4.27. The Hall–Kier alpha value is -1.11. The zero-order valence-electron chi connectivity index (χ0n) is 15.1. The van der Waals surface area contributed by atoms with Crippen LogP contribution in [-0.2, 0) is 15.8 Å². The molecule has 0 fully saturated rings. The smallest absolute Gasteiger partial charge is 0.215 e. The highest BCUT2D eigenvalue weighted by molar-refractivity contribution is 7.88. The summed E-state index contributed by atoms with van der Waals surface area (Å²) in [5.41, 5.74) is 1.33. The molecule has 0 bridgehead atoms. The van der Waals surface area contributed by atoms with Crippen LogP contribution in [0.1, 0.15) is 37.9 Å². The first-order chi connectivity index (χ1) is 12.1. The largest absolute Gasteiger partial charge is 0.304 e. The van der Waals surface area contributed by atoms with Crippen molar-refractivity contribution in [3.8, 4) is 0 Å². The Kier molecular flexibility index (Phi) is 7.11. The Bertz CT molecular complexity index is 840. The summed E-state index contributed by atoms with van der Waals surface area (Å²) in [7, 11) is -3.49. The van der Waals surface area contributed by atoms with E-state index in [1.165, 1.54) is 0 Å². The third kappa shape index (κ3) is 6.56. The van der Waals surface area contributed by atoms with Crippen molar-refractivity contribution in [3.63, 3.8) is 0 Å². The molecular weight excluding hydrogens is 391 g/mol. The predicted octanol–water partition coefficient (Wildman–Crippen LogP) is 4.54. The molecule has 0 radical (unpaired) electrons. The van der Waals surface area contributed by atoms with Crippen LogP contribution in [0.15, 0.2) is 48.5 Å². The lowest BCUT2D eigenvalue weighted by atomic mass is 10.0. The average molecular weight is 415 g/mol. The van der Waals surface area contributed by atoms with E-state index in [4.69, 9.17) is 23.2 Å². The van der Waals surface area contributed by atoms with Gasteiger partial charge in [-0.25, -0.2) is 13.1 Å². The van der Waals surface area contributed by atoms with Crippen LogP contribution in [-0.4, -0.2) is 20.5 Å². The van der Waals surface area contributed by atoms with Crippen molar-refractivity contribution in [3.05, 3.63) is 69.7 Å². The van der Waals surface area contributed by atoms with Crippen molar-refractivity contribution in [2.45, 2.75) is 38.1 Å². The molecule has 0 spiro atoms. The summed E-state index contributed by atoms with van der Waals surface area (Å²) in [5, 5.41) is 4.21. The van der Waals surface area contributed by atoms with Gasteiger partial charge in [0.2, 0.25) is 10.0 Å². The number of sulfonamides is 1. The van der Waals surface area contributed by atoms with Gasteiger partial charge >= 0.3 is 0 Å². The van der Waals surface area contributed by atoms with E-state index in [9.17, 15) is 8.42 Å². The van der Waals surface area contributed by atoms with Crippen LogP contribution in [0.5, 0.6) is 0 Å². The molecule has 0 saturated heterocycles. The Morgan fingerprint density at radius 1 is 1.04 bits per heavy atom. The minimum atomic E-state index is -3.49. The van der Waals surface area contributed by atoms with Crippen LogP contribution in [0.2, 0.25) is 10.0 Å². The Labute approximate surface area is 166 Å². The van der Waals surface area contributed by atoms with Gasteiger partial charge < -0.3 is 5.32 Å². The predicted molar refractivity (Wildman–Crippen MR) is 109 cm³/mol. The van der Waals surface area contributed by atoms with Crippen molar-refractivity contribution in [2.24, 2.45) is 0 Å². The normalized spacial score (nSPS) is 13.6. The molecule has 2 N–H and O–H groups in total. The molecule has 0 aromatic heterocycles. The van der Waals surface area contributed by atoms with Crippen molar-refractivity contribution in [1.82, 2.24) is 10.0 Å². The van der Waals surface area contributed by atoms with E-state index in [0.717, 1.165) is 5.56 Å². The van der Waals surface area contributed by atoms with Gasteiger partial charge in [0.1, 0.15) is 0 Å². The Balaban J connectivity index is 1.95. The molecule has 2 aromatic carbocycles. The topological polar surface area (TPSA) is 58.2 Å². The van der Waals surface area contributed by atoms with Gasteiger partial charge in [0.05, 0.1) is 15.8 Å². The summed E-state index contributed by atoms with van der Waals surface area (Å²) in [6.45, 7) is 6.26. The molecule has 0 aliphatic rings. The third-order valence-electron chi connectivity index (χ3n) is 3.98. The number of halogens is 2. The second-order valence-corrected chi connectivity index (χ2v) is 9.61. The maximum atomic E-state index is 12.4. The molecule has 142 valence electrons. The first-order valence-corrected chi connectivity index (χ1v) is 10.7. The minimum absolute atomic E-state index is 0.103. The molecule has 0 aliphatic heterocycles. The lowest BCUT2D eigenvalue weighted by Gasteiger charge is -2.30. The van der Waals surface area contributed by atoms with Crippen LogP contribution in [0.3, 0.4) is 0 Å². The molecule has 7 heteroatoms. The number of nitrogens with one attached hydrogen (secondary N) is 2. The first kappa shape index (κ1) is 21.2. The minimum Gasteiger partial charge on any atom is -0.304 e. The number of hydrogen-bond donors (Lipinski definition) is 2. The second kappa shape index (κ2) is 8.72. The van der Waals surface area contributed by atoms with Gasteiger partial charge in [0.25, 0.3) is 0 Å². The second-order valence-electron chi connectivity index (χ2n) is 6.99. The molecule has 4 nitrogen and oxygen atoms in total. The zero-order valence-corrected chi connectivity index (χ0v) is 17.4. The van der Waals surface area contributed by atoms with E-state index in [1.807, 2.05) is 44.2 Å². The van der Waals surface area contributed by atoms with Crippen LogP contribution in [0, 0.1) is 0 Å². The quantitative estimate of drug-likeness (QED) is 0.666. The molecule has 0 heterocycles. The maximum absolute atomic E-state index is 12.4. The number of benzene rings is 2. The molecule has 0 saturated carbocycles. The highest BCUT2D eigenvalue weighted by atomic mass is 35.5. The van der Waals surface area contributed by atoms with E-state index in [-0.39, 0.29) is 18.3 Å². The van der Waals surface area contributed by atoms with Gasteiger partial charge in [-0.2, -0.15) is 0 Å². The van der Waals surface area contributed by atoms with E-state index >= 15 is 0 Å². The molecule has 2 rings (SSSR count). The standard InChI is InChI=1S/C19H24Cl2N2O2S/c1-14(16-7-5-4-6-8-16)23-19(2,3)13-22-26(24,25)12-15-9-10-17(20)18(21)11-15/h4-11,14,22-23H,12-13H2,1-3H3. The molecule has 0 aliphatic carbocycles. The van der Waals surface area contributed by atoms with Gasteiger partial charge in [-0.1, -0.05) is 59.6 Å². The van der Waals surface area contributed by atoms with E-state index in [2.05, 4.69) is 17.0 Å². The zero-order chi connectivity index (χ0) is 19.4. The summed E-state index contributed by atoms with van der Waals surface area (Å²) < 4.78 is 27.4. The van der Waals surface area contributed by atoms with Crippen molar-refractivity contribution in [1.29, 1.82) is 0 Å². The fraction of sp³-hybridized carbons (Fsp3) is 0.368. The van der Waals surface area contributed by atoms with Gasteiger partial charge in [-0.05, 0) is 44.0 Å². The third-order valence-corrected chi connectivity index (χ3v) is 6.02. The summed E-state index contributed by atoms with van der Waals surface area (Å²) in [4.78, 5) is 0. The molecular formula is C19H24Cl2N2O2S. The van der Waals surface area contributed by atoms with E-state index in [1.54, 1.807) is 18.2 Å². The molecule has 2 aromatic rings. The first-order valence-electron chi connectivity index (χ1n) is 8.32. The number of rotatable bonds is 8. The van der Waals surface area contributed by atoms with E-state index in [0.29, 0.717) is 15.6 Å². The number of hydrogen-bond acceptors (Lipinski definition) is 3. The highest BCUT2D eigenvalue weighted by Crippen LogP contribution is 2.23. The van der Waals surface area contributed by atoms with Crippen LogP contribution in [0.4, 0.5) is 0 Å². The van der Waals surface area contributed by atoms with Crippen LogP contribution in [0.25, 0.3) is 0 Å². The lowest BCUT2D eigenvalue weighted by Crippen LogP contribution is -2.49. The average Bonchev–Trinajstić information content (AvgIpc) is 2.57. The highest BCUT2D eigenvalue weighted by Gasteiger charge is 2.23. The Morgan fingerprint density at radius 2 is 1.69 bits per heavy atom. The van der Waals surface area contributed by atoms with Gasteiger partial charge in [0.15, 0.2) is 0 Å². The SMILES string of the molecule is CC(NC(C)(C)CNS(=O)(=O)Cc1ccc(Cl)c(Cl)c1)c1ccccc1. The van der Waals surface area contributed by atoms with Gasteiger partial charge in [0, 0.05) is 18.1 Å². The monoisotopic (exact) mass is 414 g/mol. The summed E-state index contributed by atoms with van der Waals surface area (Å²) >= 11 is 11.8. The lowest BCUT2D eigenvalue weighted by molar-refractivity contribution is 0.346. The summed E-state index contributed by atoms with van der Waals surface area (Å²) in [6.07, 6.45) is 0. The molecule has 1 atom stereocenters.